The number of rotatable bonds is 8. The summed E-state index contributed by atoms with van der Waals surface area (Å²) in [6, 6.07) is 6.81. The Morgan fingerprint density at radius 2 is 1.76 bits per heavy atom. The smallest absolute Gasteiger partial charge is 0.336 e. The summed E-state index contributed by atoms with van der Waals surface area (Å²) in [6.07, 6.45) is 4.36. The molecule has 34 heavy (non-hydrogen) atoms. The summed E-state index contributed by atoms with van der Waals surface area (Å²) in [6.45, 7) is 7.00. The Balaban J connectivity index is 1.45. The molecule has 9 heteroatoms. The van der Waals surface area contributed by atoms with Gasteiger partial charge in [0.15, 0.2) is 0 Å². The Hall–Kier alpha value is -3.20. The topological polar surface area (TPSA) is 106 Å². The van der Waals surface area contributed by atoms with Gasteiger partial charge in [-0.2, -0.15) is 0 Å². The van der Waals surface area contributed by atoms with Gasteiger partial charge in [0.05, 0.1) is 17.6 Å². The second-order valence-corrected chi connectivity index (χ2v) is 9.07. The van der Waals surface area contributed by atoms with E-state index in [0.29, 0.717) is 48.5 Å². The maximum absolute atomic E-state index is 12.4. The fourth-order valence-electron chi connectivity index (χ4n) is 4.58. The van der Waals surface area contributed by atoms with Crippen LogP contribution in [0.1, 0.15) is 49.4 Å². The van der Waals surface area contributed by atoms with Crippen molar-refractivity contribution in [1.82, 2.24) is 14.8 Å². The number of pyridine rings is 1. The summed E-state index contributed by atoms with van der Waals surface area (Å²) >= 11 is 0. The zero-order chi connectivity index (χ0) is 24.1. The summed E-state index contributed by atoms with van der Waals surface area (Å²) < 4.78 is 0. The number of aromatic carboxylic acids is 1. The third-order valence-electron chi connectivity index (χ3n) is 6.58. The van der Waals surface area contributed by atoms with Crippen LogP contribution in [0.25, 0.3) is 10.9 Å². The average Bonchev–Trinajstić information content (AvgIpc) is 3.38. The molecule has 0 saturated carbocycles. The van der Waals surface area contributed by atoms with Crippen molar-refractivity contribution >= 4 is 40.2 Å². The second kappa shape index (κ2) is 10.8. The summed E-state index contributed by atoms with van der Waals surface area (Å²) in [5.74, 6) is -0.294. The van der Waals surface area contributed by atoms with Crippen molar-refractivity contribution in [2.75, 3.05) is 56.0 Å². The monoisotopic (exact) mass is 467 g/mol. The van der Waals surface area contributed by atoms with Gasteiger partial charge in [0, 0.05) is 56.8 Å². The number of piperazine rings is 1. The lowest BCUT2D eigenvalue weighted by Gasteiger charge is -2.35. The van der Waals surface area contributed by atoms with E-state index in [4.69, 9.17) is 4.98 Å². The molecule has 0 spiro atoms. The van der Waals surface area contributed by atoms with Crippen molar-refractivity contribution < 1.29 is 19.5 Å². The highest BCUT2D eigenvalue weighted by molar-refractivity contribution is 6.05. The van der Waals surface area contributed by atoms with Crippen LogP contribution in [-0.2, 0) is 9.59 Å². The van der Waals surface area contributed by atoms with Crippen LogP contribution in [0.2, 0.25) is 0 Å². The summed E-state index contributed by atoms with van der Waals surface area (Å²) in [7, 11) is 0. The number of unbranched alkanes of at least 4 members (excludes halogenated alkanes) is 1. The van der Waals surface area contributed by atoms with Gasteiger partial charge in [0.1, 0.15) is 5.82 Å². The standard InChI is InChI=1S/C25H33N5O4/c1-2-3-6-23(31)26-18-7-8-21-19(15-18)20(25(33)34)16-22(27-21)29-13-11-28(12-14-29)17-24(32)30-9-4-5-10-30/h7-8,15-16H,2-6,9-14,17H2,1H3,(H,26,31)(H,33,34). The maximum atomic E-state index is 12.4. The van der Waals surface area contributed by atoms with E-state index in [1.807, 2.05) is 11.8 Å². The molecule has 1 aromatic carbocycles. The van der Waals surface area contributed by atoms with Crippen molar-refractivity contribution in [2.24, 2.45) is 0 Å². The van der Waals surface area contributed by atoms with E-state index in [1.165, 1.54) is 0 Å². The number of aromatic nitrogens is 1. The van der Waals surface area contributed by atoms with Gasteiger partial charge in [-0.15, -0.1) is 0 Å². The molecule has 4 rings (SSSR count). The van der Waals surface area contributed by atoms with Crippen molar-refractivity contribution in [3.05, 3.63) is 29.8 Å². The Morgan fingerprint density at radius 3 is 2.44 bits per heavy atom. The van der Waals surface area contributed by atoms with E-state index >= 15 is 0 Å². The van der Waals surface area contributed by atoms with Crippen LogP contribution in [0, 0.1) is 0 Å². The zero-order valence-electron chi connectivity index (χ0n) is 19.8. The largest absolute Gasteiger partial charge is 0.478 e. The summed E-state index contributed by atoms with van der Waals surface area (Å²) in [5, 5.41) is 13.2. The molecule has 2 saturated heterocycles. The number of likely N-dealkylation sites (tertiary alicyclic amines) is 1. The molecule has 2 N–H and O–H groups in total. The Labute approximate surface area is 199 Å². The molecule has 0 aliphatic carbocycles. The van der Waals surface area contributed by atoms with Gasteiger partial charge in [-0.05, 0) is 43.5 Å². The summed E-state index contributed by atoms with van der Waals surface area (Å²) in [5.41, 5.74) is 1.31. The van der Waals surface area contributed by atoms with Crippen molar-refractivity contribution in [3.63, 3.8) is 0 Å². The lowest BCUT2D eigenvalue weighted by molar-refractivity contribution is -0.131. The number of fused-ring (bicyclic) bond motifs is 1. The van der Waals surface area contributed by atoms with Gasteiger partial charge in [-0.25, -0.2) is 9.78 Å². The first-order chi connectivity index (χ1) is 16.4. The normalized spacial score (nSPS) is 16.7. The van der Waals surface area contributed by atoms with Gasteiger partial charge in [-0.3, -0.25) is 14.5 Å². The molecule has 0 bridgehead atoms. The molecule has 0 atom stereocenters. The van der Waals surface area contributed by atoms with Crippen LogP contribution in [0.3, 0.4) is 0 Å². The van der Waals surface area contributed by atoms with E-state index in [2.05, 4.69) is 15.1 Å². The van der Waals surface area contributed by atoms with Gasteiger partial charge >= 0.3 is 5.97 Å². The minimum Gasteiger partial charge on any atom is -0.478 e. The van der Waals surface area contributed by atoms with Gasteiger partial charge in [0.2, 0.25) is 11.8 Å². The molecular formula is C25H33N5O4. The molecule has 2 aliphatic rings. The van der Waals surface area contributed by atoms with Crippen LogP contribution in [0.5, 0.6) is 0 Å². The first-order valence-corrected chi connectivity index (χ1v) is 12.2. The maximum Gasteiger partial charge on any atom is 0.336 e. The summed E-state index contributed by atoms with van der Waals surface area (Å²) in [4.78, 5) is 47.4. The van der Waals surface area contributed by atoms with Gasteiger partial charge in [0.25, 0.3) is 0 Å². The average molecular weight is 468 g/mol. The van der Waals surface area contributed by atoms with Crippen LogP contribution in [-0.4, -0.2) is 83.5 Å². The number of benzene rings is 1. The first kappa shape index (κ1) is 23.9. The molecule has 2 amide bonds. The van der Waals surface area contributed by atoms with Crippen molar-refractivity contribution in [1.29, 1.82) is 0 Å². The fourth-order valence-corrected chi connectivity index (χ4v) is 4.58. The quantitative estimate of drug-likeness (QED) is 0.615. The number of nitrogens with one attached hydrogen (secondary N) is 1. The SMILES string of the molecule is CCCCC(=O)Nc1ccc2nc(N3CCN(CC(=O)N4CCCC4)CC3)cc(C(=O)O)c2c1. The Bertz CT molecular complexity index is 1060. The molecule has 2 aliphatic heterocycles. The Morgan fingerprint density at radius 1 is 1.03 bits per heavy atom. The highest BCUT2D eigenvalue weighted by atomic mass is 16.4. The third kappa shape index (κ3) is 5.64. The molecular weight excluding hydrogens is 434 g/mol. The van der Waals surface area contributed by atoms with E-state index in [1.54, 1.807) is 24.3 Å². The molecule has 0 radical (unpaired) electrons. The third-order valence-corrected chi connectivity index (χ3v) is 6.58. The van der Waals surface area contributed by atoms with Gasteiger partial charge < -0.3 is 20.2 Å². The molecule has 0 unspecified atom stereocenters. The van der Waals surface area contributed by atoms with E-state index in [9.17, 15) is 19.5 Å². The van der Waals surface area contributed by atoms with E-state index in [-0.39, 0.29) is 17.4 Å². The number of hydrogen-bond donors (Lipinski definition) is 2. The molecule has 2 aromatic rings. The molecule has 3 heterocycles. The number of hydrogen-bond acceptors (Lipinski definition) is 6. The second-order valence-electron chi connectivity index (χ2n) is 9.07. The van der Waals surface area contributed by atoms with Crippen molar-refractivity contribution in [3.8, 4) is 0 Å². The minimum absolute atomic E-state index is 0.0799. The van der Waals surface area contributed by atoms with Crippen molar-refractivity contribution in [2.45, 2.75) is 39.0 Å². The Kier molecular flexibility index (Phi) is 7.62. The van der Waals surface area contributed by atoms with E-state index < -0.39 is 5.97 Å². The number of carboxylic acid groups (broad SMARTS) is 1. The number of carboxylic acids is 1. The zero-order valence-corrected chi connectivity index (χ0v) is 19.8. The molecule has 9 nitrogen and oxygen atoms in total. The minimum atomic E-state index is -1.03. The van der Waals surface area contributed by atoms with Crippen LogP contribution < -0.4 is 10.2 Å². The molecule has 2 fully saturated rings. The molecule has 1 aromatic heterocycles. The first-order valence-electron chi connectivity index (χ1n) is 12.2. The van der Waals surface area contributed by atoms with Crippen LogP contribution >= 0.6 is 0 Å². The predicted octanol–water partition coefficient (Wildman–Crippen LogP) is 2.81. The molecule has 182 valence electrons. The van der Waals surface area contributed by atoms with Crippen LogP contribution in [0.15, 0.2) is 24.3 Å². The van der Waals surface area contributed by atoms with Crippen LogP contribution in [0.4, 0.5) is 11.5 Å². The number of carbonyl (C=O) groups is 3. The highest BCUT2D eigenvalue weighted by Crippen LogP contribution is 2.27. The lowest BCUT2D eigenvalue weighted by Crippen LogP contribution is -2.50. The number of anilines is 2. The highest BCUT2D eigenvalue weighted by Gasteiger charge is 2.25. The fraction of sp³-hybridized carbons (Fsp3) is 0.520. The van der Waals surface area contributed by atoms with Gasteiger partial charge in [-0.1, -0.05) is 13.3 Å². The predicted molar refractivity (Wildman–Crippen MR) is 131 cm³/mol. The van der Waals surface area contributed by atoms with E-state index in [0.717, 1.165) is 51.9 Å². The number of amides is 2. The number of carbonyl (C=O) groups excluding carboxylic acids is 2. The lowest BCUT2D eigenvalue weighted by atomic mass is 10.1. The number of nitrogens with zero attached hydrogens (tertiary/aromatic N) is 4.